The third-order valence-electron chi connectivity index (χ3n) is 5.62. The Morgan fingerprint density at radius 3 is 1.29 bits per heavy atom. The second kappa shape index (κ2) is 21.6. The van der Waals surface area contributed by atoms with Crippen LogP contribution in [-0.2, 0) is 39.2 Å². The Bertz CT molecular complexity index is 1050. The molecule has 0 saturated heterocycles. The SMILES string of the molecule is CC(=O)[O-].CC(=O)[O-].Cc1cc(CCC(C)C)cc(C=NCCN=Cc2cc(CCC(C)C)cc(C)c2O)c1O.[Co+2]. The minimum absolute atomic E-state index is 0. The summed E-state index contributed by atoms with van der Waals surface area (Å²) in [6, 6.07) is 8.17. The van der Waals surface area contributed by atoms with Crippen molar-refractivity contribution in [2.45, 2.75) is 81.1 Å². The van der Waals surface area contributed by atoms with E-state index in [0.29, 0.717) is 36.4 Å². The molecular formula is C32H46CoN2O6. The van der Waals surface area contributed by atoms with Gasteiger partial charge in [-0.1, -0.05) is 39.8 Å². The zero-order valence-electron chi connectivity index (χ0n) is 25.6. The maximum absolute atomic E-state index is 10.4. The number of aryl methyl sites for hydroxylation is 4. The number of carboxylic acids is 2. The van der Waals surface area contributed by atoms with Gasteiger partial charge in [0.15, 0.2) is 0 Å². The fourth-order valence-corrected chi connectivity index (χ4v) is 3.61. The van der Waals surface area contributed by atoms with Crippen molar-refractivity contribution in [2.75, 3.05) is 13.1 Å². The molecule has 0 aliphatic heterocycles. The number of phenols is 2. The van der Waals surface area contributed by atoms with Crippen molar-refractivity contribution in [3.63, 3.8) is 0 Å². The second-order valence-corrected chi connectivity index (χ2v) is 10.6. The first-order valence-corrected chi connectivity index (χ1v) is 13.6. The van der Waals surface area contributed by atoms with Gasteiger partial charge in [-0.05, 0) is 99.6 Å². The van der Waals surface area contributed by atoms with Crippen LogP contribution in [-0.4, -0.2) is 47.7 Å². The summed E-state index contributed by atoms with van der Waals surface area (Å²) < 4.78 is 0. The summed E-state index contributed by atoms with van der Waals surface area (Å²) in [7, 11) is 0. The molecule has 0 aliphatic carbocycles. The van der Waals surface area contributed by atoms with Crippen LogP contribution in [0.15, 0.2) is 34.3 Å². The van der Waals surface area contributed by atoms with Crippen LogP contribution < -0.4 is 10.2 Å². The summed E-state index contributed by atoms with van der Waals surface area (Å²) in [5.41, 5.74) is 5.76. The molecule has 2 aromatic carbocycles. The van der Waals surface area contributed by atoms with Gasteiger partial charge in [0.25, 0.3) is 0 Å². The quantitative estimate of drug-likeness (QED) is 0.290. The molecule has 229 valence electrons. The predicted molar refractivity (Wildman–Crippen MR) is 158 cm³/mol. The van der Waals surface area contributed by atoms with Crippen molar-refractivity contribution >= 4 is 24.4 Å². The Balaban J connectivity index is 0. The van der Waals surface area contributed by atoms with Crippen LogP contribution in [0.1, 0.15) is 87.8 Å². The van der Waals surface area contributed by atoms with Gasteiger partial charge in [0.2, 0.25) is 0 Å². The first-order valence-electron chi connectivity index (χ1n) is 13.6. The molecule has 0 bridgehead atoms. The number of carbonyl (C=O) groups excluding carboxylic acids is 2. The Labute approximate surface area is 255 Å². The molecule has 0 amide bonds. The van der Waals surface area contributed by atoms with Crippen molar-refractivity contribution < 1.29 is 46.8 Å². The molecule has 0 aromatic heterocycles. The number of aromatic hydroxyl groups is 2. The summed E-state index contributed by atoms with van der Waals surface area (Å²) >= 11 is 0. The van der Waals surface area contributed by atoms with Crippen molar-refractivity contribution in [3.05, 3.63) is 57.6 Å². The monoisotopic (exact) mass is 613 g/mol. The number of rotatable bonds is 11. The van der Waals surface area contributed by atoms with Crippen LogP contribution in [0, 0.1) is 25.7 Å². The first kappa shape index (κ1) is 40.0. The third-order valence-corrected chi connectivity index (χ3v) is 5.62. The van der Waals surface area contributed by atoms with E-state index in [-0.39, 0.29) is 16.8 Å². The molecule has 0 unspecified atom stereocenters. The number of hydrogen-bond acceptors (Lipinski definition) is 8. The zero-order valence-corrected chi connectivity index (χ0v) is 26.7. The number of carboxylic acid groups (broad SMARTS) is 2. The van der Waals surface area contributed by atoms with Crippen LogP contribution in [0.5, 0.6) is 11.5 Å². The van der Waals surface area contributed by atoms with Crippen LogP contribution >= 0.6 is 0 Å². The molecule has 8 nitrogen and oxygen atoms in total. The number of hydrogen-bond donors (Lipinski definition) is 2. The number of nitrogens with zero attached hydrogens (tertiary/aromatic N) is 2. The number of aliphatic imine (C=N–C) groups is 2. The standard InChI is InChI=1S/C28H40N2O2.2C2H4O2.Co/c1-19(2)7-9-23-13-21(5)27(31)25(15-23)17-29-11-12-30-18-26-16-24(10-8-20(3)4)14-22(6)28(26)32;2*1-2(3)4;/h13-20,31-32H,7-12H2,1-6H3;2*1H3,(H,3,4);/q;;;+2/p-2. The molecule has 0 heterocycles. The average Bonchev–Trinajstić information content (AvgIpc) is 2.83. The number of phenolic OH excluding ortho intramolecular Hbond substituents is 2. The van der Waals surface area contributed by atoms with Gasteiger partial charge in [0.05, 0.1) is 13.1 Å². The van der Waals surface area contributed by atoms with Gasteiger partial charge in [-0.2, -0.15) is 0 Å². The maximum Gasteiger partial charge on any atom is 2.00 e. The normalized spacial score (nSPS) is 10.7. The fraction of sp³-hybridized carbons (Fsp3) is 0.500. The smallest absolute Gasteiger partial charge is 0.550 e. The molecule has 2 aromatic rings. The molecule has 0 spiro atoms. The van der Waals surface area contributed by atoms with E-state index in [1.165, 1.54) is 11.1 Å². The fourth-order valence-electron chi connectivity index (χ4n) is 3.61. The summed E-state index contributed by atoms with van der Waals surface area (Å²) in [5, 5.41) is 38.5. The number of carbonyl (C=O) groups is 2. The van der Waals surface area contributed by atoms with Crippen LogP contribution in [0.2, 0.25) is 0 Å². The Hall–Kier alpha value is -3.17. The van der Waals surface area contributed by atoms with Crippen LogP contribution in [0.25, 0.3) is 0 Å². The summed E-state index contributed by atoms with van der Waals surface area (Å²) in [6.45, 7) is 15.7. The molecule has 0 fully saturated rings. The predicted octanol–water partition coefficient (Wildman–Crippen LogP) is 3.94. The molecule has 41 heavy (non-hydrogen) atoms. The number of benzene rings is 2. The Morgan fingerprint density at radius 2 is 1.02 bits per heavy atom. The Kier molecular flexibility index (Phi) is 21.0. The van der Waals surface area contributed by atoms with E-state index in [1.807, 2.05) is 26.0 Å². The molecule has 2 rings (SSSR count). The van der Waals surface area contributed by atoms with E-state index in [4.69, 9.17) is 19.8 Å². The molecule has 9 heteroatoms. The largest absolute Gasteiger partial charge is 2.00 e. The van der Waals surface area contributed by atoms with Gasteiger partial charge in [0.1, 0.15) is 11.5 Å². The zero-order chi connectivity index (χ0) is 30.8. The third kappa shape index (κ3) is 19.5. The first-order chi connectivity index (χ1) is 18.6. The minimum Gasteiger partial charge on any atom is -0.550 e. The van der Waals surface area contributed by atoms with E-state index < -0.39 is 11.9 Å². The second-order valence-electron chi connectivity index (χ2n) is 10.6. The average molecular weight is 614 g/mol. The number of aliphatic carboxylic acids is 2. The molecular weight excluding hydrogens is 567 g/mol. The van der Waals surface area contributed by atoms with E-state index in [1.54, 1.807) is 12.4 Å². The molecule has 0 aliphatic rings. The van der Waals surface area contributed by atoms with Crippen molar-refractivity contribution in [1.29, 1.82) is 0 Å². The van der Waals surface area contributed by atoms with Crippen molar-refractivity contribution in [2.24, 2.45) is 21.8 Å². The summed E-state index contributed by atoms with van der Waals surface area (Å²) in [6.07, 6.45) is 7.74. The van der Waals surface area contributed by atoms with E-state index in [2.05, 4.69) is 49.8 Å². The minimum atomic E-state index is -1.08. The molecule has 1 radical (unpaired) electrons. The maximum atomic E-state index is 10.4. The summed E-state index contributed by atoms with van der Waals surface area (Å²) in [4.78, 5) is 26.7. The van der Waals surface area contributed by atoms with Crippen molar-refractivity contribution in [3.8, 4) is 11.5 Å². The van der Waals surface area contributed by atoms with Gasteiger partial charge < -0.3 is 30.0 Å². The van der Waals surface area contributed by atoms with E-state index >= 15 is 0 Å². The van der Waals surface area contributed by atoms with Gasteiger partial charge in [0, 0.05) is 35.5 Å². The summed E-state index contributed by atoms with van der Waals surface area (Å²) in [5.74, 6) is -0.273. The van der Waals surface area contributed by atoms with Gasteiger partial charge in [-0.3, -0.25) is 9.98 Å². The van der Waals surface area contributed by atoms with E-state index in [9.17, 15) is 10.2 Å². The van der Waals surface area contributed by atoms with Crippen molar-refractivity contribution in [1.82, 2.24) is 0 Å². The van der Waals surface area contributed by atoms with Gasteiger partial charge in [-0.25, -0.2) is 0 Å². The van der Waals surface area contributed by atoms with E-state index in [0.717, 1.165) is 61.8 Å². The molecule has 0 saturated carbocycles. The Morgan fingerprint density at radius 1 is 0.732 bits per heavy atom. The molecule has 0 atom stereocenters. The van der Waals surface area contributed by atoms with Gasteiger partial charge >= 0.3 is 16.8 Å². The van der Waals surface area contributed by atoms with Gasteiger partial charge in [-0.15, -0.1) is 0 Å². The van der Waals surface area contributed by atoms with Crippen LogP contribution in [0.3, 0.4) is 0 Å². The van der Waals surface area contributed by atoms with Crippen LogP contribution in [0.4, 0.5) is 0 Å². The molecule has 2 N–H and O–H groups in total. The topological polar surface area (TPSA) is 145 Å².